The Balaban J connectivity index is 2.39. The molecule has 2 rings (SSSR count). The second-order valence-corrected chi connectivity index (χ2v) is 7.97. The third-order valence-electron chi connectivity index (χ3n) is 2.34. The fourth-order valence-corrected chi connectivity index (χ4v) is 5.05. The molecule has 0 aliphatic heterocycles. The summed E-state index contributed by atoms with van der Waals surface area (Å²) in [5.41, 5.74) is 2.45. The molecule has 1 unspecified atom stereocenters. The fraction of sp³-hybridized carbons (Fsp3) is 0.167. The van der Waals surface area contributed by atoms with E-state index >= 15 is 0 Å². The van der Waals surface area contributed by atoms with E-state index in [9.17, 15) is 0 Å². The van der Waals surface area contributed by atoms with Gasteiger partial charge < -0.3 is 0 Å². The summed E-state index contributed by atoms with van der Waals surface area (Å²) in [5.74, 6) is 0. The minimum absolute atomic E-state index is 0.159. The summed E-state index contributed by atoms with van der Waals surface area (Å²) in [7, 11) is 0. The number of rotatable bonds is 2. The maximum atomic E-state index is 6.07. The quantitative estimate of drug-likeness (QED) is 0.438. The zero-order valence-corrected chi connectivity index (χ0v) is 15.1. The Morgan fingerprint density at radius 3 is 2.41 bits per heavy atom. The first kappa shape index (κ1) is 14.1. The lowest BCUT2D eigenvalue weighted by molar-refractivity contribution is 1.20. The average molecular weight is 459 g/mol. The smallest absolute Gasteiger partial charge is 0.107 e. The molecule has 0 spiro atoms. The van der Waals surface area contributed by atoms with E-state index in [1.165, 1.54) is 16.0 Å². The molecule has 17 heavy (non-hydrogen) atoms. The molecule has 0 aliphatic carbocycles. The highest BCUT2D eigenvalue weighted by molar-refractivity contribution is 9.11. The van der Waals surface area contributed by atoms with Gasteiger partial charge in [0.05, 0.1) is 4.83 Å². The van der Waals surface area contributed by atoms with E-state index in [1.807, 2.05) is 0 Å². The molecule has 1 aromatic heterocycles. The molecule has 0 saturated carbocycles. The van der Waals surface area contributed by atoms with Crippen molar-refractivity contribution in [3.8, 4) is 0 Å². The Bertz CT molecular complexity index is 531. The van der Waals surface area contributed by atoms with E-state index in [4.69, 9.17) is 11.6 Å². The van der Waals surface area contributed by atoms with Crippen molar-refractivity contribution in [3.05, 3.63) is 53.6 Å². The predicted octanol–water partition coefficient (Wildman–Crippen LogP) is 6.72. The van der Waals surface area contributed by atoms with Crippen LogP contribution < -0.4 is 0 Å². The maximum absolute atomic E-state index is 6.07. The zero-order valence-electron chi connectivity index (χ0n) is 8.81. The summed E-state index contributed by atoms with van der Waals surface area (Å²) in [5, 5.41) is 0. The lowest BCUT2D eigenvalue weighted by Crippen LogP contribution is -1.91. The number of hydrogen-bond donors (Lipinski definition) is 0. The van der Waals surface area contributed by atoms with Crippen molar-refractivity contribution in [2.75, 3.05) is 0 Å². The molecule has 5 heteroatoms. The van der Waals surface area contributed by atoms with E-state index < -0.39 is 0 Å². The van der Waals surface area contributed by atoms with Crippen LogP contribution in [0.2, 0.25) is 4.34 Å². The van der Waals surface area contributed by atoms with Crippen LogP contribution in [0.5, 0.6) is 0 Å². The van der Waals surface area contributed by atoms with Gasteiger partial charge in [-0.2, -0.15) is 0 Å². The Hall–Kier alpha value is 0.650. The first-order valence-corrected chi connectivity index (χ1v) is 8.53. The van der Waals surface area contributed by atoms with Gasteiger partial charge in [-0.05, 0) is 46.1 Å². The summed E-state index contributed by atoms with van der Waals surface area (Å²) in [4.78, 5) is 1.35. The van der Waals surface area contributed by atoms with Crippen LogP contribution in [0.15, 0.2) is 33.2 Å². The van der Waals surface area contributed by atoms with Crippen LogP contribution in [-0.2, 0) is 0 Å². The van der Waals surface area contributed by atoms with Crippen LogP contribution in [0, 0.1) is 6.92 Å². The summed E-state index contributed by atoms with van der Waals surface area (Å²) >= 11 is 18.4. The minimum atomic E-state index is 0.159. The normalized spacial score (nSPS) is 12.8. The summed E-state index contributed by atoms with van der Waals surface area (Å²) in [6.07, 6.45) is 0. The van der Waals surface area contributed by atoms with Crippen molar-refractivity contribution in [2.45, 2.75) is 11.8 Å². The van der Waals surface area contributed by atoms with Crippen molar-refractivity contribution >= 4 is 70.7 Å². The number of thiophene rings is 1. The van der Waals surface area contributed by atoms with Gasteiger partial charge >= 0.3 is 0 Å². The van der Waals surface area contributed by atoms with Gasteiger partial charge in [0, 0.05) is 13.8 Å². The highest BCUT2D eigenvalue weighted by Crippen LogP contribution is 2.43. The molecule has 0 N–H and O–H groups in total. The van der Waals surface area contributed by atoms with Gasteiger partial charge in [-0.15, -0.1) is 11.3 Å². The van der Waals surface area contributed by atoms with E-state index in [2.05, 4.69) is 79.0 Å². The molecule has 0 bridgehead atoms. The van der Waals surface area contributed by atoms with Crippen LogP contribution in [-0.4, -0.2) is 0 Å². The van der Waals surface area contributed by atoms with Gasteiger partial charge in [0.1, 0.15) is 4.34 Å². The summed E-state index contributed by atoms with van der Waals surface area (Å²) in [6.45, 7) is 2.08. The van der Waals surface area contributed by atoms with Crippen molar-refractivity contribution in [3.63, 3.8) is 0 Å². The molecule has 0 fully saturated rings. The van der Waals surface area contributed by atoms with Crippen molar-refractivity contribution < 1.29 is 0 Å². The van der Waals surface area contributed by atoms with Gasteiger partial charge in [0.2, 0.25) is 0 Å². The Labute approximate surface area is 135 Å². The second kappa shape index (κ2) is 5.74. The van der Waals surface area contributed by atoms with Crippen molar-refractivity contribution in [2.24, 2.45) is 0 Å². The first-order valence-electron chi connectivity index (χ1n) is 4.84. The average Bonchev–Trinajstić information content (AvgIpc) is 2.58. The third kappa shape index (κ3) is 3.16. The highest BCUT2D eigenvalue weighted by Gasteiger charge is 2.17. The lowest BCUT2D eigenvalue weighted by Gasteiger charge is -2.11. The third-order valence-corrected chi connectivity index (χ3v) is 6.86. The van der Waals surface area contributed by atoms with Gasteiger partial charge in [-0.3, -0.25) is 0 Å². The van der Waals surface area contributed by atoms with Crippen molar-refractivity contribution in [1.82, 2.24) is 0 Å². The number of aryl methyl sites for hydroxylation is 1. The number of hydrogen-bond acceptors (Lipinski definition) is 1. The zero-order chi connectivity index (χ0) is 12.6. The molecule has 1 atom stereocenters. The molecule has 0 radical (unpaired) electrons. The van der Waals surface area contributed by atoms with Crippen molar-refractivity contribution in [1.29, 1.82) is 0 Å². The number of benzene rings is 1. The molecular formula is C12H8Br3ClS. The monoisotopic (exact) mass is 456 g/mol. The standard InChI is InChI=1S/C12H8Br3ClS/c1-6-2-3-7(8(13)4-6)11(15)10-5-9(14)12(16)17-10/h2-5,11H,1H3. The molecule has 0 nitrogen and oxygen atoms in total. The Kier molecular flexibility index (Phi) is 4.75. The SMILES string of the molecule is Cc1ccc(C(Br)c2cc(Br)c(Cl)s2)c(Br)c1. The van der Waals surface area contributed by atoms with Crippen LogP contribution in [0.3, 0.4) is 0 Å². The topological polar surface area (TPSA) is 0 Å². The van der Waals surface area contributed by atoms with Gasteiger partial charge in [0.25, 0.3) is 0 Å². The van der Waals surface area contributed by atoms with Crippen LogP contribution in [0.25, 0.3) is 0 Å². The largest absolute Gasteiger partial charge is 0.126 e. The molecule has 0 aliphatic rings. The minimum Gasteiger partial charge on any atom is -0.126 e. The molecule has 90 valence electrons. The van der Waals surface area contributed by atoms with E-state index in [-0.39, 0.29) is 4.83 Å². The summed E-state index contributed by atoms with van der Waals surface area (Å²) in [6, 6.07) is 8.41. The van der Waals surface area contributed by atoms with E-state index in [1.54, 1.807) is 11.3 Å². The van der Waals surface area contributed by atoms with Crippen LogP contribution in [0.4, 0.5) is 0 Å². The number of alkyl halides is 1. The Morgan fingerprint density at radius 1 is 1.18 bits per heavy atom. The van der Waals surface area contributed by atoms with Gasteiger partial charge in [-0.1, -0.05) is 55.6 Å². The molecule has 0 saturated heterocycles. The predicted molar refractivity (Wildman–Crippen MR) is 86.7 cm³/mol. The first-order chi connectivity index (χ1) is 7.99. The second-order valence-electron chi connectivity index (χ2n) is 3.66. The molecule has 1 aromatic carbocycles. The molecular weight excluding hydrogens is 451 g/mol. The van der Waals surface area contributed by atoms with E-state index in [0.29, 0.717) is 0 Å². The Morgan fingerprint density at radius 2 is 1.88 bits per heavy atom. The van der Waals surface area contributed by atoms with E-state index in [0.717, 1.165) is 13.3 Å². The summed E-state index contributed by atoms with van der Waals surface area (Å²) < 4.78 is 2.85. The number of halogens is 4. The lowest BCUT2D eigenvalue weighted by atomic mass is 10.1. The van der Waals surface area contributed by atoms with Crippen LogP contribution >= 0.6 is 70.7 Å². The highest BCUT2D eigenvalue weighted by atomic mass is 79.9. The molecule has 2 aromatic rings. The molecule has 0 amide bonds. The maximum Gasteiger partial charge on any atom is 0.107 e. The molecule has 1 heterocycles. The van der Waals surface area contributed by atoms with Gasteiger partial charge in [-0.25, -0.2) is 0 Å². The van der Waals surface area contributed by atoms with Gasteiger partial charge in [0.15, 0.2) is 0 Å². The fourth-order valence-electron chi connectivity index (χ4n) is 1.48. The van der Waals surface area contributed by atoms with Crippen LogP contribution in [0.1, 0.15) is 20.8 Å².